The summed E-state index contributed by atoms with van der Waals surface area (Å²) in [6, 6.07) is 12.4. The van der Waals surface area contributed by atoms with E-state index in [0.29, 0.717) is 0 Å². The molecule has 4 heteroatoms. The van der Waals surface area contributed by atoms with E-state index in [0.717, 1.165) is 0 Å². The number of rotatable bonds is 1. The van der Waals surface area contributed by atoms with Gasteiger partial charge in [0.05, 0.1) is 0 Å². The van der Waals surface area contributed by atoms with Crippen LogP contribution in [0.15, 0.2) is 48.8 Å². The first-order valence-corrected chi connectivity index (χ1v) is 4.69. The molecule has 0 aromatic carbocycles. The minimum absolute atomic E-state index is 0. The summed E-state index contributed by atoms with van der Waals surface area (Å²) in [5.74, 6) is 0. The van der Waals surface area contributed by atoms with Crippen LogP contribution in [0.3, 0.4) is 0 Å². The molecule has 0 aliphatic carbocycles. The Hall–Kier alpha value is -1.12. The smallest absolute Gasteiger partial charge is 0.277 e. The zero-order chi connectivity index (χ0) is 9.97. The van der Waals surface area contributed by atoms with Gasteiger partial charge in [-0.15, -0.1) is 0 Å². The van der Waals surface area contributed by atoms with Gasteiger partial charge in [0.25, 0.3) is 11.4 Å². The maximum atomic E-state index is 2.12. The quantitative estimate of drug-likeness (QED) is 0.452. The predicted octanol–water partition coefficient (Wildman–Crippen LogP) is -4.99. The number of hydrogen-bond acceptors (Lipinski definition) is 0. The summed E-state index contributed by atoms with van der Waals surface area (Å²) >= 11 is 0. The molecule has 0 atom stereocenters. The number of nitrogens with zero attached hydrogens (tertiary/aromatic N) is 2. The van der Waals surface area contributed by atoms with Crippen LogP contribution >= 0.6 is 0 Å². The van der Waals surface area contributed by atoms with E-state index in [1.165, 1.54) is 11.4 Å². The maximum Gasteiger partial charge on any atom is 0.277 e. The molecule has 0 spiro atoms. The van der Waals surface area contributed by atoms with Crippen LogP contribution in [0.1, 0.15) is 0 Å². The Balaban J connectivity index is 0.00000112. The molecule has 2 nitrogen and oxygen atoms in total. The summed E-state index contributed by atoms with van der Waals surface area (Å²) in [6.45, 7) is 0. The molecule has 0 saturated carbocycles. The van der Waals surface area contributed by atoms with Crippen LogP contribution in [-0.4, -0.2) is 0 Å². The molecule has 0 unspecified atom stereocenters. The fourth-order valence-electron chi connectivity index (χ4n) is 1.58. The van der Waals surface area contributed by atoms with E-state index in [9.17, 15) is 0 Å². The monoisotopic (exact) mass is 256 g/mol. The Labute approximate surface area is 108 Å². The van der Waals surface area contributed by atoms with Gasteiger partial charge in [0.15, 0.2) is 12.4 Å². The fraction of sp³-hybridized carbons (Fsp3) is 0.167. The summed E-state index contributed by atoms with van der Waals surface area (Å²) in [6.07, 6.45) is 4.12. The van der Waals surface area contributed by atoms with E-state index in [-0.39, 0.29) is 24.8 Å². The van der Waals surface area contributed by atoms with Crippen molar-refractivity contribution in [3.8, 4) is 11.4 Å². The molecule has 0 amide bonds. The zero-order valence-corrected chi connectivity index (χ0v) is 10.8. The van der Waals surface area contributed by atoms with Gasteiger partial charge >= 0.3 is 0 Å². The highest BCUT2D eigenvalue weighted by Crippen LogP contribution is 2.07. The molecule has 0 fully saturated rings. The Morgan fingerprint density at radius 2 is 1.06 bits per heavy atom. The highest BCUT2D eigenvalue weighted by Gasteiger charge is 2.16. The normalized spacial score (nSPS) is 8.88. The van der Waals surface area contributed by atoms with Crippen molar-refractivity contribution < 1.29 is 33.9 Å². The lowest BCUT2D eigenvalue weighted by molar-refractivity contribution is -0.690. The van der Waals surface area contributed by atoms with E-state index < -0.39 is 0 Å². The third-order valence-electron chi connectivity index (χ3n) is 2.37. The SMILES string of the molecule is C[n+]1ccccc1-c1cccc[n+]1C.[Cl-].[Cl-]. The summed E-state index contributed by atoms with van der Waals surface area (Å²) in [7, 11) is 4.12. The van der Waals surface area contributed by atoms with E-state index in [1.807, 2.05) is 12.1 Å². The average molecular weight is 257 g/mol. The van der Waals surface area contributed by atoms with Crippen molar-refractivity contribution in [2.24, 2.45) is 14.1 Å². The second kappa shape index (κ2) is 6.46. The summed E-state index contributed by atoms with van der Waals surface area (Å²) < 4.78 is 4.24. The van der Waals surface area contributed by atoms with Crippen LogP contribution in [0.4, 0.5) is 0 Å². The van der Waals surface area contributed by atoms with Gasteiger partial charge in [-0.1, -0.05) is 0 Å². The average Bonchev–Trinajstić information content (AvgIpc) is 2.20. The van der Waals surface area contributed by atoms with E-state index in [4.69, 9.17) is 0 Å². The Bertz CT molecular complexity index is 415. The molecule has 0 N–H and O–H groups in total. The first-order valence-electron chi connectivity index (χ1n) is 4.69. The van der Waals surface area contributed by atoms with Crippen molar-refractivity contribution in [3.05, 3.63) is 48.8 Å². The molecular formula is C12H14Cl2N2. The Morgan fingerprint density at radius 3 is 1.38 bits per heavy atom. The number of halogens is 2. The topological polar surface area (TPSA) is 7.76 Å². The van der Waals surface area contributed by atoms with E-state index in [1.54, 1.807) is 0 Å². The third kappa shape index (κ3) is 2.94. The lowest BCUT2D eigenvalue weighted by Gasteiger charge is -1.97. The van der Waals surface area contributed by atoms with Crippen molar-refractivity contribution in [3.63, 3.8) is 0 Å². The highest BCUT2D eigenvalue weighted by molar-refractivity contribution is 5.45. The van der Waals surface area contributed by atoms with Crippen LogP contribution in [-0.2, 0) is 14.1 Å². The lowest BCUT2D eigenvalue weighted by atomic mass is 10.2. The molecular weight excluding hydrogens is 243 g/mol. The Morgan fingerprint density at radius 1 is 0.688 bits per heavy atom. The van der Waals surface area contributed by atoms with Crippen LogP contribution in [0, 0.1) is 0 Å². The van der Waals surface area contributed by atoms with Gasteiger partial charge in [-0.05, 0) is 12.1 Å². The lowest BCUT2D eigenvalue weighted by Crippen LogP contribution is -3.00. The summed E-state index contributed by atoms with van der Waals surface area (Å²) in [5.41, 5.74) is 2.44. The first kappa shape index (κ1) is 14.9. The van der Waals surface area contributed by atoms with Gasteiger partial charge < -0.3 is 24.8 Å². The van der Waals surface area contributed by atoms with Gasteiger partial charge in [-0.2, -0.15) is 9.13 Å². The van der Waals surface area contributed by atoms with Crippen LogP contribution < -0.4 is 33.9 Å². The van der Waals surface area contributed by atoms with Crippen molar-refractivity contribution in [2.45, 2.75) is 0 Å². The molecule has 16 heavy (non-hydrogen) atoms. The van der Waals surface area contributed by atoms with E-state index >= 15 is 0 Å². The molecule has 2 aromatic rings. The largest absolute Gasteiger partial charge is 1.00 e. The number of aromatic nitrogens is 2. The van der Waals surface area contributed by atoms with E-state index in [2.05, 4.69) is 59.9 Å². The minimum atomic E-state index is 0. The van der Waals surface area contributed by atoms with Crippen molar-refractivity contribution in [1.82, 2.24) is 0 Å². The number of pyridine rings is 2. The number of hydrogen-bond donors (Lipinski definition) is 0. The molecule has 2 rings (SSSR count). The second-order valence-electron chi connectivity index (χ2n) is 3.39. The van der Waals surface area contributed by atoms with Gasteiger partial charge in [0.2, 0.25) is 0 Å². The first-order chi connectivity index (χ1) is 6.79. The summed E-state index contributed by atoms with van der Waals surface area (Å²) in [5, 5.41) is 0. The molecule has 0 aliphatic heterocycles. The molecule has 0 radical (unpaired) electrons. The predicted molar refractivity (Wildman–Crippen MR) is 54.2 cm³/mol. The van der Waals surface area contributed by atoms with Crippen molar-refractivity contribution in [1.29, 1.82) is 0 Å². The molecule has 0 saturated heterocycles. The van der Waals surface area contributed by atoms with Crippen LogP contribution in [0.25, 0.3) is 11.4 Å². The molecule has 2 heterocycles. The molecule has 86 valence electrons. The second-order valence-corrected chi connectivity index (χ2v) is 3.39. The standard InChI is InChI=1S/C12H14N2.2ClH/c1-13-9-5-3-7-11(13)12-8-4-6-10-14(12)2;;/h3-10H,1-2H3;2*1H/q+2;;/p-2. The van der Waals surface area contributed by atoms with Crippen molar-refractivity contribution >= 4 is 0 Å². The van der Waals surface area contributed by atoms with Gasteiger partial charge in [0, 0.05) is 24.3 Å². The van der Waals surface area contributed by atoms with Crippen molar-refractivity contribution in [2.75, 3.05) is 0 Å². The Kier molecular flexibility index (Phi) is 6.01. The third-order valence-corrected chi connectivity index (χ3v) is 2.37. The minimum Gasteiger partial charge on any atom is -1.00 e. The molecule has 2 aromatic heterocycles. The number of aryl methyl sites for hydroxylation is 2. The molecule has 0 aliphatic rings. The van der Waals surface area contributed by atoms with Crippen LogP contribution in [0.5, 0.6) is 0 Å². The van der Waals surface area contributed by atoms with Gasteiger partial charge in [-0.25, -0.2) is 0 Å². The molecule has 0 bridgehead atoms. The summed E-state index contributed by atoms with van der Waals surface area (Å²) in [4.78, 5) is 0. The van der Waals surface area contributed by atoms with Gasteiger partial charge in [0.1, 0.15) is 14.1 Å². The van der Waals surface area contributed by atoms with Gasteiger partial charge in [-0.3, -0.25) is 0 Å². The fourth-order valence-corrected chi connectivity index (χ4v) is 1.58. The zero-order valence-electron chi connectivity index (χ0n) is 9.27. The van der Waals surface area contributed by atoms with Crippen LogP contribution in [0.2, 0.25) is 0 Å². The highest BCUT2D eigenvalue weighted by atomic mass is 35.5. The maximum absolute atomic E-state index is 2.12.